The molecule has 0 amide bonds. The second-order valence-electron chi connectivity index (χ2n) is 7.41. The first-order chi connectivity index (χ1) is 8.97. The Morgan fingerprint density at radius 3 is 2.32 bits per heavy atom. The molecule has 0 aromatic heterocycles. The molecule has 19 heavy (non-hydrogen) atoms. The second-order valence-corrected chi connectivity index (χ2v) is 7.41. The highest BCUT2D eigenvalue weighted by Crippen LogP contribution is 2.34. The molecule has 1 heterocycles. The van der Waals surface area contributed by atoms with Gasteiger partial charge in [0.1, 0.15) is 0 Å². The molecule has 1 saturated heterocycles. The predicted octanol–water partition coefficient (Wildman–Crippen LogP) is 3.39. The Hall–Kier alpha value is -0.730. The van der Waals surface area contributed by atoms with E-state index in [4.69, 9.17) is 10.7 Å². The summed E-state index contributed by atoms with van der Waals surface area (Å²) in [6.45, 7) is 9.27. The Morgan fingerprint density at radius 2 is 1.68 bits per heavy atom. The van der Waals surface area contributed by atoms with Crippen LogP contribution in [0.1, 0.15) is 65.7 Å². The fourth-order valence-electron chi connectivity index (χ4n) is 3.49. The van der Waals surface area contributed by atoms with Crippen molar-refractivity contribution in [3.8, 4) is 0 Å². The van der Waals surface area contributed by atoms with Gasteiger partial charge in [-0.25, -0.2) is 4.99 Å². The average Bonchev–Trinajstić information content (AvgIpc) is 2.69. The molecule has 1 unspecified atom stereocenters. The molecule has 110 valence electrons. The van der Waals surface area contributed by atoms with Crippen LogP contribution in [-0.2, 0) is 0 Å². The zero-order valence-electron chi connectivity index (χ0n) is 13.0. The smallest absolute Gasteiger partial charge is 0.191 e. The number of likely N-dealkylation sites (tertiary alicyclic amines) is 1. The minimum Gasteiger partial charge on any atom is -0.370 e. The van der Waals surface area contributed by atoms with Gasteiger partial charge in [0.05, 0.1) is 6.04 Å². The summed E-state index contributed by atoms with van der Waals surface area (Å²) in [5.74, 6) is 1.62. The molecule has 0 aromatic rings. The van der Waals surface area contributed by atoms with E-state index in [0.717, 1.165) is 25.0 Å². The highest BCUT2D eigenvalue weighted by molar-refractivity contribution is 5.78. The van der Waals surface area contributed by atoms with Gasteiger partial charge in [0.25, 0.3) is 0 Å². The third-order valence-corrected chi connectivity index (χ3v) is 4.92. The van der Waals surface area contributed by atoms with E-state index >= 15 is 0 Å². The van der Waals surface area contributed by atoms with Crippen LogP contribution in [0.4, 0.5) is 0 Å². The molecule has 1 aliphatic heterocycles. The predicted molar refractivity (Wildman–Crippen MR) is 82.2 cm³/mol. The van der Waals surface area contributed by atoms with Crippen molar-refractivity contribution in [2.45, 2.75) is 71.8 Å². The van der Waals surface area contributed by atoms with Crippen LogP contribution < -0.4 is 5.73 Å². The van der Waals surface area contributed by atoms with E-state index in [9.17, 15) is 0 Å². The number of rotatable bonds is 1. The number of aliphatic imine (C=N–C) groups is 1. The van der Waals surface area contributed by atoms with Gasteiger partial charge in [0.15, 0.2) is 5.96 Å². The lowest BCUT2D eigenvalue weighted by atomic mass is 9.77. The molecule has 1 atom stereocenters. The van der Waals surface area contributed by atoms with Crippen LogP contribution in [0.15, 0.2) is 4.99 Å². The van der Waals surface area contributed by atoms with Crippen LogP contribution in [-0.4, -0.2) is 30.0 Å². The normalized spacial score (nSPS) is 27.6. The first kappa shape index (κ1) is 14.7. The van der Waals surface area contributed by atoms with Crippen molar-refractivity contribution < 1.29 is 0 Å². The number of nitrogens with two attached hydrogens (primary N) is 1. The van der Waals surface area contributed by atoms with Gasteiger partial charge in [-0.2, -0.15) is 0 Å². The zero-order chi connectivity index (χ0) is 13.9. The molecular formula is C16H31N3. The van der Waals surface area contributed by atoms with Crippen LogP contribution in [0, 0.1) is 11.3 Å². The maximum Gasteiger partial charge on any atom is 0.191 e. The molecule has 0 aromatic carbocycles. The Labute approximate surface area is 118 Å². The van der Waals surface area contributed by atoms with Gasteiger partial charge in [-0.3, -0.25) is 0 Å². The summed E-state index contributed by atoms with van der Waals surface area (Å²) < 4.78 is 0. The SMILES string of the molecule is CC(C)(C)C1CCCN(C(N)=NC2CCCC2)CC1. The Kier molecular flexibility index (Phi) is 4.75. The van der Waals surface area contributed by atoms with Gasteiger partial charge in [0, 0.05) is 13.1 Å². The monoisotopic (exact) mass is 265 g/mol. The average molecular weight is 265 g/mol. The first-order valence-corrected chi connectivity index (χ1v) is 8.05. The minimum atomic E-state index is 0.424. The molecule has 2 fully saturated rings. The maximum absolute atomic E-state index is 6.23. The van der Waals surface area contributed by atoms with Crippen molar-refractivity contribution in [2.75, 3.05) is 13.1 Å². The zero-order valence-corrected chi connectivity index (χ0v) is 13.0. The lowest BCUT2D eigenvalue weighted by Gasteiger charge is -2.30. The molecule has 1 aliphatic carbocycles. The largest absolute Gasteiger partial charge is 0.370 e. The third kappa shape index (κ3) is 4.12. The molecule has 0 radical (unpaired) electrons. The van der Waals surface area contributed by atoms with Crippen molar-refractivity contribution in [3.05, 3.63) is 0 Å². The fourth-order valence-corrected chi connectivity index (χ4v) is 3.49. The molecular weight excluding hydrogens is 234 g/mol. The highest BCUT2D eigenvalue weighted by atomic mass is 15.3. The topological polar surface area (TPSA) is 41.6 Å². The molecule has 3 nitrogen and oxygen atoms in total. The van der Waals surface area contributed by atoms with Gasteiger partial charge >= 0.3 is 0 Å². The summed E-state index contributed by atoms with van der Waals surface area (Å²) in [7, 11) is 0. The number of guanidine groups is 1. The van der Waals surface area contributed by atoms with Gasteiger partial charge < -0.3 is 10.6 Å². The second kappa shape index (κ2) is 6.15. The van der Waals surface area contributed by atoms with Crippen molar-refractivity contribution in [3.63, 3.8) is 0 Å². The summed E-state index contributed by atoms with van der Waals surface area (Å²) in [5.41, 5.74) is 6.65. The van der Waals surface area contributed by atoms with Crippen molar-refractivity contribution >= 4 is 5.96 Å². The highest BCUT2D eigenvalue weighted by Gasteiger charge is 2.27. The Bertz CT molecular complexity index is 310. The molecule has 3 heteroatoms. The molecule has 0 bridgehead atoms. The standard InChI is InChI=1S/C16H31N3/c1-16(2,3)13-7-6-11-19(12-10-13)15(17)18-14-8-4-5-9-14/h13-14H,4-12H2,1-3H3,(H2,17,18). The fraction of sp³-hybridized carbons (Fsp3) is 0.938. The van der Waals surface area contributed by atoms with Gasteiger partial charge in [-0.05, 0) is 43.4 Å². The molecule has 2 rings (SSSR count). The Morgan fingerprint density at radius 1 is 1.00 bits per heavy atom. The van der Waals surface area contributed by atoms with Crippen LogP contribution >= 0.6 is 0 Å². The third-order valence-electron chi connectivity index (χ3n) is 4.92. The van der Waals surface area contributed by atoms with Crippen LogP contribution in [0.5, 0.6) is 0 Å². The van der Waals surface area contributed by atoms with Crippen molar-refractivity contribution in [1.82, 2.24) is 4.90 Å². The molecule has 1 saturated carbocycles. The minimum absolute atomic E-state index is 0.424. The van der Waals surface area contributed by atoms with E-state index in [1.165, 1.54) is 44.9 Å². The molecule has 2 aliphatic rings. The quantitative estimate of drug-likeness (QED) is 0.583. The summed E-state index contributed by atoms with van der Waals surface area (Å²) in [6, 6.07) is 0.502. The van der Waals surface area contributed by atoms with Crippen LogP contribution in [0.25, 0.3) is 0 Å². The van der Waals surface area contributed by atoms with Gasteiger partial charge in [0.2, 0.25) is 0 Å². The van der Waals surface area contributed by atoms with E-state index in [2.05, 4.69) is 25.7 Å². The lowest BCUT2D eigenvalue weighted by molar-refractivity contribution is 0.216. The summed E-state index contributed by atoms with van der Waals surface area (Å²) in [4.78, 5) is 7.07. The number of hydrogen-bond donors (Lipinski definition) is 1. The van der Waals surface area contributed by atoms with E-state index in [-0.39, 0.29) is 0 Å². The van der Waals surface area contributed by atoms with Crippen LogP contribution in [0.2, 0.25) is 0 Å². The maximum atomic E-state index is 6.23. The summed E-state index contributed by atoms with van der Waals surface area (Å²) in [6.07, 6.45) is 8.96. The van der Waals surface area contributed by atoms with Crippen LogP contribution in [0.3, 0.4) is 0 Å². The summed E-state index contributed by atoms with van der Waals surface area (Å²) >= 11 is 0. The first-order valence-electron chi connectivity index (χ1n) is 8.05. The van der Waals surface area contributed by atoms with Gasteiger partial charge in [-0.15, -0.1) is 0 Å². The lowest BCUT2D eigenvalue weighted by Crippen LogP contribution is -2.39. The van der Waals surface area contributed by atoms with Gasteiger partial charge in [-0.1, -0.05) is 33.6 Å². The van der Waals surface area contributed by atoms with Crippen molar-refractivity contribution in [2.24, 2.45) is 22.1 Å². The van der Waals surface area contributed by atoms with E-state index in [0.29, 0.717) is 11.5 Å². The number of nitrogens with zero attached hydrogens (tertiary/aromatic N) is 2. The summed E-state index contributed by atoms with van der Waals surface area (Å²) in [5, 5.41) is 0. The van der Waals surface area contributed by atoms with Crippen molar-refractivity contribution in [1.29, 1.82) is 0 Å². The molecule has 2 N–H and O–H groups in total. The Balaban J connectivity index is 1.91. The molecule has 0 spiro atoms. The van der Waals surface area contributed by atoms with E-state index in [1.54, 1.807) is 0 Å². The van der Waals surface area contributed by atoms with E-state index < -0.39 is 0 Å². The van der Waals surface area contributed by atoms with E-state index in [1.807, 2.05) is 0 Å². The number of hydrogen-bond acceptors (Lipinski definition) is 1.